The summed E-state index contributed by atoms with van der Waals surface area (Å²) in [5.74, 6) is -1.33. The number of ether oxygens (including phenoxy) is 1. The minimum absolute atomic E-state index is 0.177. The molecule has 35 heavy (non-hydrogen) atoms. The summed E-state index contributed by atoms with van der Waals surface area (Å²) in [6.45, 7) is 5.63. The molecule has 3 aromatic heterocycles. The second-order valence-electron chi connectivity index (χ2n) is 8.66. The molecule has 0 amide bonds. The van der Waals surface area contributed by atoms with E-state index in [-0.39, 0.29) is 5.56 Å². The maximum absolute atomic E-state index is 13.9. The number of hydrogen-bond donors (Lipinski definition) is 0. The number of aryl methyl sites for hydroxylation is 2. The number of rotatable bonds is 2. The van der Waals surface area contributed by atoms with Crippen molar-refractivity contribution in [3.8, 4) is 11.3 Å². The Hall–Kier alpha value is -3.33. The van der Waals surface area contributed by atoms with E-state index in [1.54, 1.807) is 6.92 Å². The van der Waals surface area contributed by atoms with Gasteiger partial charge in [-0.3, -0.25) is 4.68 Å². The van der Waals surface area contributed by atoms with E-state index in [9.17, 15) is 8.78 Å². The lowest BCUT2D eigenvalue weighted by Crippen LogP contribution is -2.16. The first-order valence-corrected chi connectivity index (χ1v) is 12.0. The number of benzene rings is 1. The van der Waals surface area contributed by atoms with Crippen molar-refractivity contribution in [1.29, 1.82) is 0 Å². The molecule has 184 valence electrons. The van der Waals surface area contributed by atoms with Gasteiger partial charge in [0, 0.05) is 37.2 Å². The predicted octanol–water partition coefficient (Wildman–Crippen LogP) is 5.78. The Morgan fingerprint density at radius 2 is 1.71 bits per heavy atom. The van der Waals surface area contributed by atoms with E-state index in [1.807, 2.05) is 25.4 Å². The van der Waals surface area contributed by atoms with Gasteiger partial charge in [-0.1, -0.05) is 0 Å². The topological polar surface area (TPSA) is 78.6 Å². The molecular weight excluding hydrogens is 450 g/mol. The van der Waals surface area contributed by atoms with Crippen molar-refractivity contribution in [1.82, 2.24) is 29.7 Å². The summed E-state index contributed by atoms with van der Waals surface area (Å²) in [6, 6.07) is 6.04. The van der Waals surface area contributed by atoms with Crippen molar-refractivity contribution in [2.24, 2.45) is 0 Å². The second-order valence-corrected chi connectivity index (χ2v) is 8.66. The molecular formula is C26H30F2N6O. The van der Waals surface area contributed by atoms with E-state index in [0.717, 1.165) is 36.7 Å². The van der Waals surface area contributed by atoms with E-state index in [1.165, 1.54) is 57.0 Å². The number of halogens is 2. The zero-order chi connectivity index (χ0) is 24.6. The molecule has 0 N–H and O–H groups in total. The van der Waals surface area contributed by atoms with E-state index < -0.39 is 11.6 Å². The minimum Gasteiger partial charge on any atom is -0.381 e. The van der Waals surface area contributed by atoms with Crippen LogP contribution in [0.3, 0.4) is 0 Å². The predicted molar refractivity (Wildman–Crippen MR) is 130 cm³/mol. The molecule has 9 heteroatoms. The molecule has 2 aliphatic rings. The van der Waals surface area contributed by atoms with Gasteiger partial charge in [0.05, 0.1) is 17.4 Å². The standard InChI is InChI=1S/C14H10F2N4.C7H10N2.C5H10O/c1-7-8(2)20-14-13(19-7)12(17-6-18-14)10-4-3-9(15)5-11(10)16;1-3-7(4-1)9-6-2-5-8-9;1-2-4-6-5-3-1/h3-6H,1-2H3;2,5-7H,1,3-4H2;1-5H2. The number of fused-ring (bicyclic) bond motifs is 1. The van der Waals surface area contributed by atoms with Crippen LogP contribution < -0.4 is 0 Å². The highest BCUT2D eigenvalue weighted by molar-refractivity contribution is 5.86. The first-order chi connectivity index (χ1) is 17.0. The normalized spacial score (nSPS) is 15.4. The van der Waals surface area contributed by atoms with Crippen LogP contribution in [0.25, 0.3) is 22.4 Å². The summed E-state index contributed by atoms with van der Waals surface area (Å²) in [4.78, 5) is 16.8. The summed E-state index contributed by atoms with van der Waals surface area (Å²) in [7, 11) is 0. The van der Waals surface area contributed by atoms with Gasteiger partial charge in [0.25, 0.3) is 0 Å². The van der Waals surface area contributed by atoms with Crippen molar-refractivity contribution in [2.75, 3.05) is 13.2 Å². The summed E-state index contributed by atoms with van der Waals surface area (Å²) >= 11 is 0. The molecule has 1 saturated carbocycles. The fraction of sp³-hybridized carbons (Fsp3) is 0.423. The van der Waals surface area contributed by atoms with Crippen molar-refractivity contribution in [2.45, 2.75) is 58.4 Å². The van der Waals surface area contributed by atoms with Gasteiger partial charge in [-0.25, -0.2) is 28.7 Å². The summed E-state index contributed by atoms with van der Waals surface area (Å²) in [6.07, 6.45) is 13.1. The average molecular weight is 481 g/mol. The molecule has 1 aliphatic heterocycles. The Balaban J connectivity index is 0.000000156. The van der Waals surface area contributed by atoms with Gasteiger partial charge in [-0.15, -0.1) is 0 Å². The van der Waals surface area contributed by atoms with Crippen LogP contribution in [-0.4, -0.2) is 42.9 Å². The third-order valence-corrected chi connectivity index (χ3v) is 6.12. The van der Waals surface area contributed by atoms with Crippen molar-refractivity contribution in [3.05, 3.63) is 66.0 Å². The van der Waals surface area contributed by atoms with Crippen LogP contribution in [0.1, 0.15) is 56.0 Å². The first-order valence-electron chi connectivity index (χ1n) is 12.0. The zero-order valence-electron chi connectivity index (χ0n) is 20.1. The van der Waals surface area contributed by atoms with Crippen molar-refractivity contribution < 1.29 is 13.5 Å². The summed E-state index contributed by atoms with van der Waals surface area (Å²) in [5, 5.41) is 4.15. The van der Waals surface area contributed by atoms with Crippen LogP contribution in [0, 0.1) is 25.5 Å². The van der Waals surface area contributed by atoms with Gasteiger partial charge in [-0.05, 0) is 70.6 Å². The summed E-state index contributed by atoms with van der Waals surface area (Å²) < 4.78 is 34.0. The Morgan fingerprint density at radius 1 is 0.943 bits per heavy atom. The Bertz CT molecular complexity index is 1230. The SMILES string of the molecule is C1CCOCC1.Cc1nc2ncnc(-c3ccc(F)cc3F)c2nc1C.c1cnn(C2CCC2)c1. The maximum atomic E-state index is 13.9. The molecule has 2 fully saturated rings. The Morgan fingerprint density at radius 3 is 2.29 bits per heavy atom. The smallest absolute Gasteiger partial charge is 0.182 e. The fourth-order valence-electron chi connectivity index (χ4n) is 3.76. The van der Waals surface area contributed by atoms with E-state index in [2.05, 4.69) is 29.7 Å². The molecule has 4 aromatic rings. The average Bonchev–Trinajstić information content (AvgIpc) is 3.35. The highest BCUT2D eigenvalue weighted by Crippen LogP contribution is 2.30. The monoisotopic (exact) mass is 480 g/mol. The van der Waals surface area contributed by atoms with Crippen LogP contribution in [0.4, 0.5) is 8.78 Å². The van der Waals surface area contributed by atoms with Crippen molar-refractivity contribution in [3.63, 3.8) is 0 Å². The van der Waals surface area contributed by atoms with Crippen LogP contribution in [-0.2, 0) is 4.74 Å². The van der Waals surface area contributed by atoms with Crippen LogP contribution in [0.5, 0.6) is 0 Å². The molecule has 0 bridgehead atoms. The molecule has 0 spiro atoms. The lowest BCUT2D eigenvalue weighted by atomic mass is 9.93. The van der Waals surface area contributed by atoms with E-state index >= 15 is 0 Å². The largest absolute Gasteiger partial charge is 0.381 e. The van der Waals surface area contributed by atoms with E-state index in [0.29, 0.717) is 16.9 Å². The molecule has 7 nitrogen and oxygen atoms in total. The Kier molecular flexibility index (Phi) is 8.41. The van der Waals surface area contributed by atoms with Crippen LogP contribution in [0.2, 0.25) is 0 Å². The highest BCUT2D eigenvalue weighted by atomic mass is 19.1. The van der Waals surface area contributed by atoms with Crippen LogP contribution in [0.15, 0.2) is 43.0 Å². The zero-order valence-corrected chi connectivity index (χ0v) is 20.1. The number of nitrogens with zero attached hydrogens (tertiary/aromatic N) is 6. The van der Waals surface area contributed by atoms with Gasteiger partial charge in [-0.2, -0.15) is 5.10 Å². The minimum atomic E-state index is -0.690. The third kappa shape index (κ3) is 6.42. The van der Waals surface area contributed by atoms with Gasteiger partial charge in [0.1, 0.15) is 29.2 Å². The van der Waals surface area contributed by atoms with E-state index in [4.69, 9.17) is 4.74 Å². The Labute approximate surface area is 203 Å². The molecule has 1 saturated heterocycles. The molecule has 6 rings (SSSR count). The third-order valence-electron chi connectivity index (χ3n) is 6.12. The molecule has 0 unspecified atom stereocenters. The van der Waals surface area contributed by atoms with Gasteiger partial charge >= 0.3 is 0 Å². The summed E-state index contributed by atoms with van der Waals surface area (Å²) in [5.41, 5.74) is 2.75. The van der Waals surface area contributed by atoms with Crippen LogP contribution >= 0.6 is 0 Å². The molecule has 1 aliphatic carbocycles. The van der Waals surface area contributed by atoms with Gasteiger partial charge in [0.2, 0.25) is 0 Å². The first kappa shape index (κ1) is 24.8. The van der Waals surface area contributed by atoms with Crippen molar-refractivity contribution >= 4 is 11.2 Å². The quantitative estimate of drug-likeness (QED) is 0.362. The maximum Gasteiger partial charge on any atom is 0.182 e. The van der Waals surface area contributed by atoms with Gasteiger partial charge < -0.3 is 4.74 Å². The second kappa shape index (κ2) is 11.9. The number of aromatic nitrogens is 6. The molecule has 1 aromatic carbocycles. The number of hydrogen-bond acceptors (Lipinski definition) is 6. The van der Waals surface area contributed by atoms with Gasteiger partial charge in [0.15, 0.2) is 5.65 Å². The molecule has 0 atom stereocenters. The lowest BCUT2D eigenvalue weighted by molar-refractivity contribution is 0.0968. The molecule has 4 heterocycles. The lowest BCUT2D eigenvalue weighted by Gasteiger charge is -2.25. The fourth-order valence-corrected chi connectivity index (χ4v) is 3.76. The highest BCUT2D eigenvalue weighted by Gasteiger charge is 2.18. The molecule has 0 radical (unpaired) electrons.